The normalized spacial score (nSPS) is 12.7. The molecule has 0 radical (unpaired) electrons. The monoisotopic (exact) mass is 439 g/mol. The zero-order valence-electron chi connectivity index (χ0n) is 18.1. The molecule has 0 aliphatic carbocycles. The second kappa shape index (κ2) is 8.72. The summed E-state index contributed by atoms with van der Waals surface area (Å²) in [6.07, 6.45) is 1.77. The van der Waals surface area contributed by atoms with E-state index in [4.69, 9.17) is 4.98 Å². The van der Waals surface area contributed by atoms with Gasteiger partial charge in [-0.3, -0.25) is 14.8 Å². The van der Waals surface area contributed by atoms with Crippen LogP contribution < -0.4 is 5.56 Å². The fourth-order valence-electron chi connectivity index (χ4n) is 3.65. The summed E-state index contributed by atoms with van der Waals surface area (Å²) in [4.78, 5) is 24.4. The first-order valence-electron chi connectivity index (χ1n) is 10.3. The highest BCUT2D eigenvalue weighted by atomic mass is 32.1. The second-order valence-corrected chi connectivity index (χ2v) is 9.16. The zero-order chi connectivity index (χ0) is 22.1. The summed E-state index contributed by atoms with van der Waals surface area (Å²) in [6.45, 7) is 6.89. The van der Waals surface area contributed by atoms with Crippen LogP contribution >= 0.6 is 11.3 Å². The molecule has 0 bridgehead atoms. The third-order valence-corrected chi connectivity index (χ3v) is 6.94. The summed E-state index contributed by atoms with van der Waals surface area (Å²) in [6, 6.07) is 8.34. The molecule has 0 saturated carbocycles. The Morgan fingerprint density at radius 2 is 1.97 bits per heavy atom. The molecule has 0 saturated heterocycles. The van der Waals surface area contributed by atoms with Gasteiger partial charge in [0, 0.05) is 16.1 Å². The fourth-order valence-corrected chi connectivity index (χ4v) is 4.69. The van der Waals surface area contributed by atoms with Crippen LogP contribution in [0.15, 0.2) is 35.1 Å². The first kappa shape index (κ1) is 21.4. The lowest BCUT2D eigenvalue weighted by Crippen LogP contribution is -2.27. The molecule has 1 aromatic carbocycles. The number of nitrogens with zero attached hydrogens (tertiary/aromatic N) is 3. The predicted molar refractivity (Wildman–Crippen MR) is 123 cm³/mol. The van der Waals surface area contributed by atoms with Crippen molar-refractivity contribution in [1.29, 1.82) is 0 Å². The van der Waals surface area contributed by atoms with Crippen molar-refractivity contribution in [2.45, 2.75) is 39.7 Å². The molecule has 0 aliphatic rings. The van der Waals surface area contributed by atoms with Gasteiger partial charge in [-0.15, -0.1) is 11.3 Å². The van der Waals surface area contributed by atoms with E-state index in [1.165, 1.54) is 12.1 Å². The lowest BCUT2D eigenvalue weighted by molar-refractivity contribution is 0.249. The summed E-state index contributed by atoms with van der Waals surface area (Å²) in [5.74, 6) is 0.442. The van der Waals surface area contributed by atoms with Crippen molar-refractivity contribution in [2.75, 3.05) is 13.6 Å². The van der Waals surface area contributed by atoms with E-state index in [0.717, 1.165) is 51.6 Å². The molecule has 8 heteroatoms. The number of fused-ring (bicyclic) bond motifs is 1. The number of rotatable bonds is 7. The largest absolute Gasteiger partial charge is 0.309 e. The average Bonchev–Trinajstić information content (AvgIpc) is 3.32. The highest BCUT2D eigenvalue weighted by molar-refractivity contribution is 7.18. The van der Waals surface area contributed by atoms with Crippen LogP contribution in [0, 0.1) is 19.7 Å². The SMILES string of the molecule is Cc1sc2nc(C(C)N(C)CCCc3cc(-c4ccc(F)cc4)n[nH]3)[nH]c(=O)c2c1C. The number of halogens is 1. The highest BCUT2D eigenvalue weighted by Crippen LogP contribution is 2.27. The van der Waals surface area contributed by atoms with Crippen molar-refractivity contribution in [3.63, 3.8) is 0 Å². The first-order valence-corrected chi connectivity index (χ1v) is 11.2. The molecular weight excluding hydrogens is 413 g/mol. The number of nitrogens with one attached hydrogen (secondary N) is 2. The zero-order valence-corrected chi connectivity index (χ0v) is 18.9. The quantitative estimate of drug-likeness (QED) is 0.435. The summed E-state index contributed by atoms with van der Waals surface area (Å²) >= 11 is 1.57. The highest BCUT2D eigenvalue weighted by Gasteiger charge is 2.18. The first-order chi connectivity index (χ1) is 14.8. The Balaban J connectivity index is 1.38. The lowest BCUT2D eigenvalue weighted by atomic mass is 10.1. The number of aryl methyl sites for hydroxylation is 3. The number of thiophene rings is 1. The lowest BCUT2D eigenvalue weighted by Gasteiger charge is -2.23. The van der Waals surface area contributed by atoms with Gasteiger partial charge in [0.15, 0.2) is 0 Å². The number of aromatic amines is 2. The van der Waals surface area contributed by atoms with E-state index in [1.54, 1.807) is 23.5 Å². The van der Waals surface area contributed by atoms with Crippen LogP contribution in [-0.4, -0.2) is 38.7 Å². The molecule has 0 aliphatic heterocycles. The third kappa shape index (κ3) is 4.45. The van der Waals surface area contributed by atoms with E-state index in [1.807, 2.05) is 27.0 Å². The van der Waals surface area contributed by atoms with Gasteiger partial charge in [0.05, 0.1) is 17.1 Å². The van der Waals surface area contributed by atoms with Crippen LogP contribution in [0.2, 0.25) is 0 Å². The maximum atomic E-state index is 13.1. The van der Waals surface area contributed by atoms with Gasteiger partial charge in [-0.2, -0.15) is 5.10 Å². The van der Waals surface area contributed by atoms with Crippen molar-refractivity contribution in [2.24, 2.45) is 0 Å². The molecule has 0 amide bonds. The van der Waals surface area contributed by atoms with Crippen molar-refractivity contribution in [3.05, 3.63) is 68.5 Å². The van der Waals surface area contributed by atoms with Crippen LogP contribution in [0.3, 0.4) is 0 Å². The standard InChI is InChI=1S/C23H26FN5OS/c1-13-15(3)31-23-20(13)22(30)25-21(26-23)14(2)29(4)11-5-6-18-12-19(28-27-18)16-7-9-17(24)10-8-16/h7-10,12,14H,5-6,11H2,1-4H3,(H,27,28)(H,25,26,30). The summed E-state index contributed by atoms with van der Waals surface area (Å²) in [5, 5.41) is 8.11. The van der Waals surface area contributed by atoms with Gasteiger partial charge in [0.1, 0.15) is 16.5 Å². The van der Waals surface area contributed by atoms with Crippen molar-refractivity contribution in [1.82, 2.24) is 25.1 Å². The summed E-state index contributed by atoms with van der Waals surface area (Å²) < 4.78 is 13.1. The van der Waals surface area contributed by atoms with Crippen molar-refractivity contribution in [3.8, 4) is 11.3 Å². The Bertz CT molecular complexity index is 1260. The van der Waals surface area contributed by atoms with Crippen LogP contribution in [0.25, 0.3) is 21.5 Å². The van der Waals surface area contributed by atoms with Crippen LogP contribution in [0.4, 0.5) is 4.39 Å². The molecule has 3 aromatic heterocycles. The number of benzene rings is 1. The Morgan fingerprint density at radius 3 is 2.71 bits per heavy atom. The molecule has 31 heavy (non-hydrogen) atoms. The van der Waals surface area contributed by atoms with Gasteiger partial charge in [0.2, 0.25) is 0 Å². The molecule has 1 unspecified atom stereocenters. The van der Waals surface area contributed by atoms with Gasteiger partial charge in [-0.25, -0.2) is 9.37 Å². The van der Waals surface area contributed by atoms with Gasteiger partial charge in [0.25, 0.3) is 5.56 Å². The van der Waals surface area contributed by atoms with E-state index >= 15 is 0 Å². The minimum atomic E-state index is -0.254. The minimum absolute atomic E-state index is 0.00337. The maximum Gasteiger partial charge on any atom is 0.259 e. The van der Waals surface area contributed by atoms with E-state index in [2.05, 4.69) is 27.0 Å². The molecule has 4 rings (SSSR count). The molecule has 6 nitrogen and oxygen atoms in total. The topological polar surface area (TPSA) is 77.7 Å². The minimum Gasteiger partial charge on any atom is -0.309 e. The number of aromatic nitrogens is 4. The molecule has 162 valence electrons. The molecule has 0 spiro atoms. The molecule has 2 N–H and O–H groups in total. The van der Waals surface area contributed by atoms with Gasteiger partial charge in [-0.05, 0) is 83.1 Å². The van der Waals surface area contributed by atoms with Gasteiger partial charge >= 0.3 is 0 Å². The third-order valence-electron chi connectivity index (χ3n) is 5.84. The molecular formula is C23H26FN5OS. The van der Waals surface area contributed by atoms with Crippen LogP contribution in [0.5, 0.6) is 0 Å². The van der Waals surface area contributed by atoms with Crippen LogP contribution in [-0.2, 0) is 6.42 Å². The summed E-state index contributed by atoms with van der Waals surface area (Å²) in [7, 11) is 2.04. The number of H-pyrrole nitrogens is 2. The Hall–Kier alpha value is -2.84. The molecule has 3 heterocycles. The van der Waals surface area contributed by atoms with E-state index in [-0.39, 0.29) is 17.4 Å². The number of hydrogen-bond acceptors (Lipinski definition) is 5. The van der Waals surface area contributed by atoms with Gasteiger partial charge in [-0.1, -0.05) is 0 Å². The predicted octanol–water partition coefficient (Wildman–Crippen LogP) is 4.76. The Kier molecular flexibility index (Phi) is 6.02. The smallest absolute Gasteiger partial charge is 0.259 e. The maximum absolute atomic E-state index is 13.1. The van der Waals surface area contributed by atoms with Crippen molar-refractivity contribution < 1.29 is 4.39 Å². The van der Waals surface area contributed by atoms with E-state index in [0.29, 0.717) is 11.2 Å². The van der Waals surface area contributed by atoms with E-state index < -0.39 is 0 Å². The Labute approximate surface area is 184 Å². The number of hydrogen-bond donors (Lipinski definition) is 2. The fraction of sp³-hybridized carbons (Fsp3) is 0.348. The Morgan fingerprint density at radius 1 is 1.23 bits per heavy atom. The second-order valence-electron chi connectivity index (χ2n) is 7.96. The van der Waals surface area contributed by atoms with Gasteiger partial charge < -0.3 is 4.98 Å². The average molecular weight is 440 g/mol. The molecule has 1 atom stereocenters. The summed E-state index contributed by atoms with van der Waals surface area (Å²) in [5.41, 5.74) is 3.69. The van der Waals surface area contributed by atoms with E-state index in [9.17, 15) is 9.18 Å². The molecule has 4 aromatic rings. The van der Waals surface area contributed by atoms with Crippen molar-refractivity contribution >= 4 is 21.6 Å². The molecule has 0 fully saturated rings. The van der Waals surface area contributed by atoms with Crippen LogP contribution in [0.1, 0.15) is 41.3 Å².